The smallest absolute Gasteiger partial charge is 0.0236 e. The maximum Gasteiger partial charge on any atom is 0.0236 e. The van der Waals surface area contributed by atoms with E-state index in [1.807, 2.05) is 0 Å². The topological polar surface area (TPSA) is 0 Å². The van der Waals surface area contributed by atoms with Crippen LogP contribution in [0.15, 0.2) is 0 Å². The maximum absolute atomic E-state index is 6.99. The average molecular weight is 78.2 g/mol. The zero-order valence-electron chi connectivity index (χ0n) is 9.28. The monoisotopic (exact) mass is 78.1 g/mol. The summed E-state index contributed by atoms with van der Waals surface area (Å²) in [5.41, 5.74) is -1.52. The average Bonchev–Trinajstić information content (AvgIpc) is 1.83. The van der Waals surface area contributed by atoms with Gasteiger partial charge in [-0.2, -0.15) is 0 Å². The molecular weight excluding hydrogens is 60.1 g/mol. The quantitative estimate of drug-likeness (QED) is 0.416. The van der Waals surface area contributed by atoms with E-state index in [1.54, 1.807) is 0 Å². The van der Waals surface area contributed by atoms with Crippen LogP contribution in [0.1, 0.15) is 35.8 Å². The first-order valence-electron chi connectivity index (χ1n) is 4.75. The van der Waals surface area contributed by atoms with Crippen molar-refractivity contribution in [2.24, 2.45) is 5.41 Å². The second-order valence-corrected chi connectivity index (χ2v) is 1.42. The standard InChI is InChI=1S/C5H12/c1-5(2,3)4/h1-4H3/i1D,2D2,3D3/t5-/m0/s1. The van der Waals surface area contributed by atoms with Gasteiger partial charge in [0.2, 0.25) is 0 Å². The van der Waals surface area contributed by atoms with Crippen molar-refractivity contribution in [1.29, 1.82) is 0 Å². The molecule has 0 unspecified atom stereocenters. The summed E-state index contributed by atoms with van der Waals surface area (Å²) in [5, 5.41) is 0. The predicted molar refractivity (Wildman–Crippen MR) is 25.1 cm³/mol. The van der Waals surface area contributed by atoms with Gasteiger partial charge in [-0.15, -0.1) is 0 Å². The van der Waals surface area contributed by atoms with Crippen molar-refractivity contribution in [3.05, 3.63) is 0 Å². The molecule has 0 nitrogen and oxygen atoms in total. The fourth-order valence-electron chi connectivity index (χ4n) is 0. The summed E-state index contributed by atoms with van der Waals surface area (Å²) in [5.74, 6) is 0. The van der Waals surface area contributed by atoms with E-state index in [1.165, 1.54) is 6.92 Å². The summed E-state index contributed by atoms with van der Waals surface area (Å²) in [6.45, 7) is -3.01. The highest BCUT2D eigenvalue weighted by Crippen LogP contribution is 2.07. The Balaban J connectivity index is 4.61. The van der Waals surface area contributed by atoms with Crippen molar-refractivity contribution >= 4 is 0 Å². The molecule has 32 valence electrons. The van der Waals surface area contributed by atoms with Crippen LogP contribution in [0.5, 0.6) is 0 Å². The fourth-order valence-corrected chi connectivity index (χ4v) is 0. The summed E-state index contributed by atoms with van der Waals surface area (Å²) in [6, 6.07) is 0. The molecule has 0 amide bonds. The number of rotatable bonds is 0. The van der Waals surface area contributed by atoms with Gasteiger partial charge in [-0.1, -0.05) is 27.6 Å². The van der Waals surface area contributed by atoms with Crippen LogP contribution in [-0.2, 0) is 0 Å². The van der Waals surface area contributed by atoms with Crippen LogP contribution in [0.4, 0.5) is 0 Å². The molecule has 0 rings (SSSR count). The first-order chi connectivity index (χ1) is 4.75. The Kier molecular flexibility index (Phi) is 0.160. The van der Waals surface area contributed by atoms with Gasteiger partial charge < -0.3 is 0 Å². The zero-order valence-corrected chi connectivity index (χ0v) is 3.28. The Bertz CT molecular complexity index is 127. The van der Waals surface area contributed by atoms with Crippen molar-refractivity contribution in [1.82, 2.24) is 0 Å². The van der Waals surface area contributed by atoms with E-state index in [0.717, 1.165) is 0 Å². The van der Waals surface area contributed by atoms with Crippen LogP contribution in [0.2, 0.25) is 0 Å². The molecule has 0 radical (unpaired) electrons. The van der Waals surface area contributed by atoms with E-state index in [2.05, 4.69) is 0 Å². The van der Waals surface area contributed by atoms with Crippen LogP contribution >= 0.6 is 0 Å². The van der Waals surface area contributed by atoms with E-state index >= 15 is 0 Å². The number of hydrogen-bond acceptors (Lipinski definition) is 0. The molecule has 0 saturated carbocycles. The van der Waals surface area contributed by atoms with Gasteiger partial charge in [-0.3, -0.25) is 0 Å². The van der Waals surface area contributed by atoms with Crippen LogP contribution in [0.25, 0.3) is 0 Å². The highest BCUT2D eigenvalue weighted by atomic mass is 14.0. The molecule has 0 aromatic heterocycles. The lowest BCUT2D eigenvalue weighted by atomic mass is 10.0. The Hall–Kier alpha value is 0. The predicted octanol–water partition coefficient (Wildman–Crippen LogP) is 2.05. The van der Waals surface area contributed by atoms with Gasteiger partial charge in [0.1, 0.15) is 0 Å². The SMILES string of the molecule is [2H]C[C@](C)(C([2H])[2H])C([2H])([2H])[2H]. The molecule has 0 aliphatic carbocycles. The molecule has 0 heterocycles. The minimum atomic E-state index is -2.39. The Labute approximate surface area is 42.6 Å². The van der Waals surface area contributed by atoms with Gasteiger partial charge >= 0.3 is 0 Å². The molecule has 0 heteroatoms. The van der Waals surface area contributed by atoms with E-state index in [-0.39, 0.29) is 0 Å². The lowest BCUT2D eigenvalue weighted by Gasteiger charge is -2.05. The molecule has 0 aliphatic rings. The lowest BCUT2D eigenvalue weighted by Crippen LogP contribution is -1.93. The number of hydrogen-bond donors (Lipinski definition) is 0. The van der Waals surface area contributed by atoms with E-state index in [9.17, 15) is 0 Å². The normalized spacial score (nSPS) is 42.0. The summed E-state index contributed by atoms with van der Waals surface area (Å²) >= 11 is 0. The summed E-state index contributed by atoms with van der Waals surface area (Å²) in [6.07, 6.45) is 0. The maximum atomic E-state index is 6.99. The largest absolute Gasteiger partial charge is 0.0604 e. The second-order valence-electron chi connectivity index (χ2n) is 1.42. The minimum Gasteiger partial charge on any atom is -0.0604 e. The van der Waals surface area contributed by atoms with Crippen molar-refractivity contribution in [3.63, 3.8) is 0 Å². The van der Waals surface area contributed by atoms with Crippen LogP contribution in [0.3, 0.4) is 0 Å². The molecule has 0 spiro atoms. The van der Waals surface area contributed by atoms with E-state index in [0.29, 0.717) is 0 Å². The van der Waals surface area contributed by atoms with Crippen LogP contribution in [0, 0.1) is 5.41 Å². The summed E-state index contributed by atoms with van der Waals surface area (Å²) in [4.78, 5) is 0. The molecule has 0 aromatic carbocycles. The Morgan fingerprint density at radius 1 is 1.80 bits per heavy atom. The highest BCUT2D eigenvalue weighted by Gasteiger charge is 1.95. The van der Waals surface area contributed by atoms with Gasteiger partial charge in [0, 0.05) is 8.22 Å². The van der Waals surface area contributed by atoms with Gasteiger partial charge in [-0.05, 0) is 5.41 Å². The molecule has 0 saturated heterocycles. The van der Waals surface area contributed by atoms with Crippen molar-refractivity contribution in [2.45, 2.75) is 27.6 Å². The fraction of sp³-hybridized carbons (Fsp3) is 1.00. The molecule has 0 aliphatic heterocycles. The highest BCUT2D eigenvalue weighted by molar-refractivity contribution is 4.47. The van der Waals surface area contributed by atoms with Gasteiger partial charge in [0.05, 0.1) is 0 Å². The second kappa shape index (κ2) is 1.00. The van der Waals surface area contributed by atoms with Crippen molar-refractivity contribution in [2.75, 3.05) is 0 Å². The van der Waals surface area contributed by atoms with Gasteiger partial charge in [0.25, 0.3) is 0 Å². The molecular formula is C5H12. The Morgan fingerprint density at radius 3 is 2.60 bits per heavy atom. The molecule has 1 atom stereocenters. The van der Waals surface area contributed by atoms with Gasteiger partial charge in [0.15, 0.2) is 0 Å². The third-order valence-corrected chi connectivity index (χ3v) is 0. The van der Waals surface area contributed by atoms with E-state index < -0.39 is 26.0 Å². The zero-order chi connectivity index (χ0) is 9.28. The Morgan fingerprint density at radius 2 is 2.60 bits per heavy atom. The van der Waals surface area contributed by atoms with Crippen LogP contribution in [-0.4, -0.2) is 0 Å². The molecule has 0 N–H and O–H groups in total. The summed E-state index contributed by atoms with van der Waals surface area (Å²) < 4.78 is 41.9. The third kappa shape index (κ3) is 0. The molecule has 5 heavy (non-hydrogen) atoms. The first kappa shape index (κ1) is 0.800. The lowest BCUT2D eigenvalue weighted by molar-refractivity contribution is 0.469. The van der Waals surface area contributed by atoms with Crippen molar-refractivity contribution in [3.8, 4) is 0 Å². The van der Waals surface area contributed by atoms with Gasteiger partial charge in [-0.25, -0.2) is 0 Å². The third-order valence-electron chi connectivity index (χ3n) is 0. The molecule has 0 fully saturated rings. The minimum absolute atomic E-state index is 0.416. The molecule has 0 aromatic rings. The van der Waals surface area contributed by atoms with E-state index in [4.69, 9.17) is 8.22 Å². The van der Waals surface area contributed by atoms with Crippen LogP contribution < -0.4 is 0 Å². The molecule has 0 bridgehead atoms. The summed E-state index contributed by atoms with van der Waals surface area (Å²) in [7, 11) is 0. The first-order valence-corrected chi connectivity index (χ1v) is 1.39. The van der Waals surface area contributed by atoms with Crippen molar-refractivity contribution < 1.29 is 8.22 Å².